The number of carbonyl (C=O) groups excluding carboxylic acids is 1. The number of hydrogen-bond donors (Lipinski definition) is 1. The lowest BCUT2D eigenvalue weighted by atomic mass is 10.0. The Bertz CT molecular complexity index is 752. The van der Waals surface area contributed by atoms with E-state index in [0.717, 1.165) is 29.3 Å². The van der Waals surface area contributed by atoms with E-state index in [2.05, 4.69) is 17.2 Å². The first kappa shape index (κ1) is 22.1. The van der Waals surface area contributed by atoms with Gasteiger partial charge in [-0.25, -0.2) is 0 Å². The van der Waals surface area contributed by atoms with Gasteiger partial charge in [0.05, 0.1) is 5.25 Å². The van der Waals surface area contributed by atoms with Crippen molar-refractivity contribution < 1.29 is 4.79 Å². The Morgan fingerprint density at radius 2 is 1.90 bits per heavy atom. The number of thioether (sulfide) groups is 1. The highest BCUT2D eigenvalue weighted by Gasteiger charge is 2.25. The van der Waals surface area contributed by atoms with Gasteiger partial charge in [-0.05, 0) is 31.4 Å². The minimum Gasteiger partial charge on any atom is -0.325 e. The molecule has 1 saturated carbocycles. The first-order chi connectivity index (χ1) is 14.3. The third-order valence-corrected chi connectivity index (χ3v) is 7.59. The zero-order valence-corrected chi connectivity index (χ0v) is 18.7. The Morgan fingerprint density at radius 3 is 2.72 bits per heavy atom. The molecule has 1 fully saturated rings. The maximum atomic E-state index is 13.2. The van der Waals surface area contributed by atoms with E-state index in [4.69, 9.17) is 0 Å². The number of hydrogen-bond acceptors (Lipinski definition) is 3. The Balaban J connectivity index is 1.62. The SMILES string of the molecule is CCCCCCCCC(SC1CCCCC1)C(=O)Nc1cccc2cnccc12. The minimum absolute atomic E-state index is 0.0568. The number of nitrogens with one attached hydrogen (secondary N) is 1. The van der Waals surface area contributed by atoms with Crippen LogP contribution in [0.1, 0.15) is 84.0 Å². The molecule has 1 atom stereocenters. The molecule has 4 heteroatoms. The van der Waals surface area contributed by atoms with Crippen LogP contribution in [0.5, 0.6) is 0 Å². The molecule has 1 N–H and O–H groups in total. The minimum atomic E-state index is 0.0568. The van der Waals surface area contributed by atoms with Crippen LogP contribution < -0.4 is 5.32 Å². The average molecular weight is 413 g/mol. The van der Waals surface area contributed by atoms with Gasteiger partial charge in [-0.3, -0.25) is 9.78 Å². The molecule has 0 radical (unpaired) electrons. The third-order valence-electron chi connectivity index (χ3n) is 5.96. The van der Waals surface area contributed by atoms with Crippen LogP contribution in [0, 0.1) is 0 Å². The Hall–Kier alpha value is -1.55. The number of rotatable bonds is 11. The molecule has 3 nitrogen and oxygen atoms in total. The molecule has 0 saturated heterocycles. The predicted octanol–water partition coefficient (Wildman–Crippen LogP) is 7.36. The summed E-state index contributed by atoms with van der Waals surface area (Å²) in [5.74, 6) is 0.179. The van der Waals surface area contributed by atoms with Crippen LogP contribution in [0.4, 0.5) is 5.69 Å². The van der Waals surface area contributed by atoms with Crippen LogP contribution >= 0.6 is 11.8 Å². The fraction of sp³-hybridized carbons (Fsp3) is 0.600. The highest BCUT2D eigenvalue weighted by Crippen LogP contribution is 2.34. The van der Waals surface area contributed by atoms with Crippen LogP contribution in [0.15, 0.2) is 36.7 Å². The van der Waals surface area contributed by atoms with Crippen molar-refractivity contribution in [3.05, 3.63) is 36.7 Å². The molecular formula is C25H36N2OS. The molecule has 1 heterocycles. The quantitative estimate of drug-likeness (QED) is 0.392. The highest BCUT2D eigenvalue weighted by atomic mass is 32.2. The second-order valence-corrected chi connectivity index (χ2v) is 9.84. The lowest BCUT2D eigenvalue weighted by molar-refractivity contribution is -0.115. The maximum Gasteiger partial charge on any atom is 0.237 e. The molecule has 158 valence electrons. The molecule has 1 unspecified atom stereocenters. The average Bonchev–Trinajstić information content (AvgIpc) is 2.76. The molecule has 1 aliphatic rings. The summed E-state index contributed by atoms with van der Waals surface area (Å²) < 4.78 is 0. The second kappa shape index (κ2) is 12.2. The monoisotopic (exact) mass is 412 g/mol. The van der Waals surface area contributed by atoms with E-state index >= 15 is 0 Å². The number of amides is 1. The van der Waals surface area contributed by atoms with Gasteiger partial charge in [0, 0.05) is 34.1 Å². The summed E-state index contributed by atoms with van der Waals surface area (Å²) in [7, 11) is 0. The van der Waals surface area contributed by atoms with Crippen molar-refractivity contribution in [3.8, 4) is 0 Å². The molecule has 2 aromatic rings. The van der Waals surface area contributed by atoms with Gasteiger partial charge in [-0.1, -0.05) is 76.8 Å². The number of anilines is 1. The zero-order chi connectivity index (χ0) is 20.3. The van der Waals surface area contributed by atoms with Crippen LogP contribution in [0.2, 0.25) is 0 Å². The van der Waals surface area contributed by atoms with Gasteiger partial charge in [-0.15, -0.1) is 11.8 Å². The summed E-state index contributed by atoms with van der Waals surface area (Å²) >= 11 is 1.94. The summed E-state index contributed by atoms with van der Waals surface area (Å²) in [5.41, 5.74) is 0.909. The molecule has 1 aromatic carbocycles. The van der Waals surface area contributed by atoms with Gasteiger partial charge in [0.2, 0.25) is 5.91 Å². The van der Waals surface area contributed by atoms with E-state index in [1.807, 2.05) is 42.2 Å². The molecule has 3 rings (SSSR count). The van der Waals surface area contributed by atoms with Gasteiger partial charge in [-0.2, -0.15) is 0 Å². The van der Waals surface area contributed by atoms with Gasteiger partial charge in [0.15, 0.2) is 0 Å². The van der Waals surface area contributed by atoms with Gasteiger partial charge >= 0.3 is 0 Å². The lowest BCUT2D eigenvalue weighted by Crippen LogP contribution is -2.28. The van der Waals surface area contributed by atoms with Crippen molar-refractivity contribution in [2.75, 3.05) is 5.32 Å². The zero-order valence-electron chi connectivity index (χ0n) is 17.9. The molecule has 1 aliphatic carbocycles. The lowest BCUT2D eigenvalue weighted by Gasteiger charge is -2.26. The Kier molecular flexibility index (Phi) is 9.33. The summed E-state index contributed by atoms with van der Waals surface area (Å²) in [6.07, 6.45) is 18.8. The number of aromatic nitrogens is 1. The number of unbranched alkanes of at least 4 members (excludes halogenated alkanes) is 5. The van der Waals surface area contributed by atoms with Crippen molar-refractivity contribution >= 4 is 34.1 Å². The summed E-state index contributed by atoms with van der Waals surface area (Å²) in [6.45, 7) is 2.25. The third kappa shape index (κ3) is 7.02. The summed E-state index contributed by atoms with van der Waals surface area (Å²) in [5, 5.41) is 6.09. The number of pyridine rings is 1. The molecule has 0 bridgehead atoms. The number of fused-ring (bicyclic) bond motifs is 1. The molecule has 0 aliphatic heterocycles. The van der Waals surface area contributed by atoms with Crippen molar-refractivity contribution in [3.63, 3.8) is 0 Å². The van der Waals surface area contributed by atoms with E-state index in [0.29, 0.717) is 5.25 Å². The fourth-order valence-electron chi connectivity index (χ4n) is 4.25. The highest BCUT2D eigenvalue weighted by molar-refractivity contribution is 8.01. The van der Waals surface area contributed by atoms with Gasteiger partial charge in [0.25, 0.3) is 0 Å². The second-order valence-electron chi connectivity index (χ2n) is 8.33. The van der Waals surface area contributed by atoms with E-state index < -0.39 is 0 Å². The topological polar surface area (TPSA) is 42.0 Å². The van der Waals surface area contributed by atoms with Crippen LogP contribution in [0.25, 0.3) is 10.8 Å². The Morgan fingerprint density at radius 1 is 1.10 bits per heavy atom. The summed E-state index contributed by atoms with van der Waals surface area (Å²) in [4.78, 5) is 17.4. The smallest absolute Gasteiger partial charge is 0.237 e. The van der Waals surface area contributed by atoms with Crippen LogP contribution in [0.3, 0.4) is 0 Å². The molecular weight excluding hydrogens is 376 g/mol. The number of benzene rings is 1. The Labute approximate surface area is 180 Å². The van der Waals surface area contributed by atoms with E-state index in [1.165, 1.54) is 64.2 Å². The van der Waals surface area contributed by atoms with Crippen molar-refractivity contribution in [2.24, 2.45) is 0 Å². The van der Waals surface area contributed by atoms with E-state index in [1.54, 1.807) is 6.20 Å². The molecule has 1 amide bonds. The molecule has 0 spiro atoms. The van der Waals surface area contributed by atoms with E-state index in [-0.39, 0.29) is 11.2 Å². The van der Waals surface area contributed by atoms with Gasteiger partial charge in [0.1, 0.15) is 0 Å². The van der Waals surface area contributed by atoms with Crippen molar-refractivity contribution in [2.45, 2.75) is 94.5 Å². The number of nitrogens with zero attached hydrogens (tertiary/aromatic N) is 1. The van der Waals surface area contributed by atoms with Crippen molar-refractivity contribution in [1.29, 1.82) is 0 Å². The van der Waals surface area contributed by atoms with E-state index in [9.17, 15) is 4.79 Å². The molecule has 1 aromatic heterocycles. The molecule has 29 heavy (non-hydrogen) atoms. The first-order valence-corrected chi connectivity index (χ1v) is 12.5. The number of carbonyl (C=O) groups is 1. The van der Waals surface area contributed by atoms with Gasteiger partial charge < -0.3 is 5.32 Å². The van der Waals surface area contributed by atoms with Crippen LogP contribution in [-0.2, 0) is 4.79 Å². The summed E-state index contributed by atoms with van der Waals surface area (Å²) in [6, 6.07) is 8.04. The van der Waals surface area contributed by atoms with Crippen molar-refractivity contribution in [1.82, 2.24) is 4.98 Å². The maximum absolute atomic E-state index is 13.2. The first-order valence-electron chi connectivity index (χ1n) is 11.6. The normalized spacial score (nSPS) is 16.0. The standard InChI is InChI=1S/C25H36N2OS/c1-2-3-4-5-6-10-16-24(29-21-13-8-7-9-14-21)25(28)27-23-15-11-12-20-19-26-18-17-22(20)23/h11-12,15,17-19,21,24H,2-10,13-14,16H2,1H3,(H,27,28). The fourth-order valence-corrected chi connectivity index (χ4v) is 5.80. The predicted molar refractivity (Wildman–Crippen MR) is 127 cm³/mol. The largest absolute Gasteiger partial charge is 0.325 e. The van der Waals surface area contributed by atoms with Crippen LogP contribution in [-0.4, -0.2) is 21.4 Å².